The molecule has 2 aliphatic rings. The van der Waals surface area contributed by atoms with E-state index in [1.807, 2.05) is 43.3 Å². The van der Waals surface area contributed by atoms with E-state index in [1.54, 1.807) is 24.0 Å². The number of fused-ring (bicyclic) bond motifs is 3. The molecule has 2 aliphatic heterocycles. The first-order valence-corrected chi connectivity index (χ1v) is 10.3. The van der Waals surface area contributed by atoms with Crippen molar-refractivity contribution in [1.82, 2.24) is 0 Å². The molecule has 0 unspecified atom stereocenters. The SMILES string of the molecule is CCN(C(=O)[C@H](C)OC(=O)c1ccc2c(c1)NC(=O)[C@H]1CCCN21)c1ccccc1. The number of hydrogen-bond donors (Lipinski definition) is 1. The van der Waals surface area contributed by atoms with Crippen LogP contribution in [0.5, 0.6) is 0 Å². The van der Waals surface area contributed by atoms with Gasteiger partial charge in [0, 0.05) is 18.8 Å². The highest BCUT2D eigenvalue weighted by Crippen LogP contribution is 2.37. The fraction of sp³-hybridized carbons (Fsp3) is 0.348. The second kappa shape index (κ2) is 8.18. The molecule has 2 amide bonds. The first-order valence-electron chi connectivity index (χ1n) is 10.3. The number of para-hydroxylation sites is 1. The largest absolute Gasteiger partial charge is 0.449 e. The number of carbonyl (C=O) groups excluding carboxylic acids is 3. The van der Waals surface area contributed by atoms with Crippen LogP contribution < -0.4 is 15.1 Å². The number of carbonyl (C=O) groups is 3. The lowest BCUT2D eigenvalue weighted by molar-refractivity contribution is -0.126. The summed E-state index contributed by atoms with van der Waals surface area (Å²) in [5, 5.41) is 2.89. The molecule has 0 aromatic heterocycles. The average Bonchev–Trinajstić information content (AvgIpc) is 3.25. The lowest BCUT2D eigenvalue weighted by Crippen LogP contribution is -2.44. The molecule has 7 heteroatoms. The van der Waals surface area contributed by atoms with Gasteiger partial charge in [-0.2, -0.15) is 0 Å². The number of amides is 2. The summed E-state index contributed by atoms with van der Waals surface area (Å²) in [4.78, 5) is 41.5. The van der Waals surface area contributed by atoms with Gasteiger partial charge in [0.1, 0.15) is 6.04 Å². The van der Waals surface area contributed by atoms with Crippen LogP contribution in [0, 0.1) is 0 Å². The van der Waals surface area contributed by atoms with Crippen molar-refractivity contribution in [3.63, 3.8) is 0 Å². The number of ether oxygens (including phenoxy) is 1. The molecule has 2 heterocycles. The molecule has 156 valence electrons. The molecule has 0 radical (unpaired) electrons. The molecule has 0 saturated carbocycles. The van der Waals surface area contributed by atoms with Crippen LogP contribution in [0.3, 0.4) is 0 Å². The van der Waals surface area contributed by atoms with Crippen molar-refractivity contribution in [3.8, 4) is 0 Å². The van der Waals surface area contributed by atoms with E-state index in [4.69, 9.17) is 4.74 Å². The summed E-state index contributed by atoms with van der Waals surface area (Å²) in [6.45, 7) is 4.73. The lowest BCUT2D eigenvalue weighted by Gasteiger charge is -2.33. The fourth-order valence-corrected chi connectivity index (χ4v) is 4.13. The predicted molar refractivity (Wildman–Crippen MR) is 115 cm³/mol. The third kappa shape index (κ3) is 3.63. The van der Waals surface area contributed by atoms with Crippen molar-refractivity contribution < 1.29 is 19.1 Å². The second-order valence-corrected chi connectivity index (χ2v) is 7.54. The van der Waals surface area contributed by atoms with E-state index >= 15 is 0 Å². The third-order valence-electron chi connectivity index (χ3n) is 5.64. The molecule has 0 bridgehead atoms. The van der Waals surface area contributed by atoms with Crippen molar-refractivity contribution in [2.24, 2.45) is 0 Å². The second-order valence-electron chi connectivity index (χ2n) is 7.54. The number of benzene rings is 2. The first kappa shape index (κ1) is 19.9. The van der Waals surface area contributed by atoms with E-state index in [0.29, 0.717) is 17.8 Å². The lowest BCUT2D eigenvalue weighted by atomic mass is 10.1. The van der Waals surface area contributed by atoms with Gasteiger partial charge in [0.2, 0.25) is 5.91 Å². The van der Waals surface area contributed by atoms with Crippen molar-refractivity contribution in [1.29, 1.82) is 0 Å². The smallest absolute Gasteiger partial charge is 0.338 e. The molecule has 2 aromatic carbocycles. The van der Waals surface area contributed by atoms with Crippen LogP contribution in [-0.2, 0) is 14.3 Å². The monoisotopic (exact) mass is 407 g/mol. The van der Waals surface area contributed by atoms with Gasteiger partial charge in [0.05, 0.1) is 16.9 Å². The third-order valence-corrected chi connectivity index (χ3v) is 5.64. The first-order chi connectivity index (χ1) is 14.5. The predicted octanol–water partition coefficient (Wildman–Crippen LogP) is 3.21. The van der Waals surface area contributed by atoms with Gasteiger partial charge in [-0.25, -0.2) is 4.79 Å². The van der Waals surface area contributed by atoms with Crippen LogP contribution in [0.2, 0.25) is 0 Å². The van der Waals surface area contributed by atoms with Crippen molar-refractivity contribution in [3.05, 3.63) is 54.1 Å². The molecule has 1 saturated heterocycles. The zero-order chi connectivity index (χ0) is 21.3. The van der Waals surface area contributed by atoms with Gasteiger partial charge >= 0.3 is 5.97 Å². The summed E-state index contributed by atoms with van der Waals surface area (Å²) in [6, 6.07) is 14.3. The minimum atomic E-state index is -0.939. The molecule has 4 rings (SSSR count). The van der Waals surface area contributed by atoms with Crippen LogP contribution in [0.4, 0.5) is 17.1 Å². The van der Waals surface area contributed by atoms with Gasteiger partial charge in [-0.05, 0) is 57.0 Å². The zero-order valence-electron chi connectivity index (χ0n) is 17.1. The highest BCUT2D eigenvalue weighted by molar-refractivity contribution is 6.06. The average molecular weight is 407 g/mol. The number of nitrogens with one attached hydrogen (secondary N) is 1. The standard InChI is InChI=1S/C23H25N3O4/c1-3-25(17-8-5-4-6-9-17)22(28)15(2)30-23(29)16-11-12-19-18(14-16)24-21(27)20-10-7-13-26(19)20/h4-6,8-9,11-12,14-15,20H,3,7,10,13H2,1-2H3,(H,24,27)/t15-,20+/m0/s1. The van der Waals surface area contributed by atoms with E-state index in [-0.39, 0.29) is 17.9 Å². The number of hydrogen-bond acceptors (Lipinski definition) is 5. The number of likely N-dealkylation sites (N-methyl/N-ethyl adjacent to an activating group) is 1. The molecule has 1 N–H and O–H groups in total. The Morgan fingerprint density at radius 2 is 2.00 bits per heavy atom. The summed E-state index contributed by atoms with van der Waals surface area (Å²) >= 11 is 0. The van der Waals surface area contributed by atoms with Crippen LogP contribution in [0.1, 0.15) is 37.0 Å². The van der Waals surface area contributed by atoms with Gasteiger partial charge in [0.15, 0.2) is 6.10 Å². The summed E-state index contributed by atoms with van der Waals surface area (Å²) < 4.78 is 5.45. The van der Waals surface area contributed by atoms with Crippen LogP contribution in [0.25, 0.3) is 0 Å². The van der Waals surface area contributed by atoms with Crippen LogP contribution in [-0.4, -0.2) is 43.0 Å². The molecule has 2 aromatic rings. The van der Waals surface area contributed by atoms with Gasteiger partial charge in [0.25, 0.3) is 5.91 Å². The van der Waals surface area contributed by atoms with Gasteiger partial charge in [-0.15, -0.1) is 0 Å². The van der Waals surface area contributed by atoms with Crippen molar-refractivity contribution >= 4 is 34.8 Å². The highest BCUT2D eigenvalue weighted by atomic mass is 16.5. The van der Waals surface area contributed by atoms with E-state index in [9.17, 15) is 14.4 Å². The topological polar surface area (TPSA) is 79.0 Å². The summed E-state index contributed by atoms with van der Waals surface area (Å²) in [7, 11) is 0. The minimum absolute atomic E-state index is 0.0458. The normalized spacial score (nSPS) is 18.1. The number of rotatable bonds is 5. The summed E-state index contributed by atoms with van der Waals surface area (Å²) in [5.74, 6) is -0.931. The summed E-state index contributed by atoms with van der Waals surface area (Å²) in [6.07, 6.45) is 0.867. The van der Waals surface area contributed by atoms with E-state index in [2.05, 4.69) is 10.2 Å². The summed E-state index contributed by atoms with van der Waals surface area (Å²) in [5.41, 5.74) is 2.57. The Morgan fingerprint density at radius 1 is 1.23 bits per heavy atom. The Kier molecular flexibility index (Phi) is 5.44. The van der Waals surface area contributed by atoms with Crippen molar-refractivity contribution in [2.45, 2.75) is 38.8 Å². The Balaban J connectivity index is 1.48. The van der Waals surface area contributed by atoms with E-state index in [1.165, 1.54) is 0 Å². The zero-order valence-corrected chi connectivity index (χ0v) is 17.1. The number of anilines is 3. The molecule has 7 nitrogen and oxygen atoms in total. The van der Waals surface area contributed by atoms with Crippen LogP contribution >= 0.6 is 0 Å². The Morgan fingerprint density at radius 3 is 2.73 bits per heavy atom. The molecular formula is C23H25N3O4. The molecule has 2 atom stereocenters. The van der Waals surface area contributed by atoms with Crippen LogP contribution in [0.15, 0.2) is 48.5 Å². The highest BCUT2D eigenvalue weighted by Gasteiger charge is 2.36. The van der Waals surface area contributed by atoms with E-state index < -0.39 is 12.1 Å². The maximum atomic E-state index is 12.8. The Hall–Kier alpha value is -3.35. The van der Waals surface area contributed by atoms with Gasteiger partial charge in [-0.1, -0.05) is 18.2 Å². The number of esters is 1. The molecule has 0 aliphatic carbocycles. The molecule has 1 fully saturated rings. The maximum Gasteiger partial charge on any atom is 0.338 e. The quantitative estimate of drug-likeness (QED) is 0.770. The molecule has 30 heavy (non-hydrogen) atoms. The van der Waals surface area contributed by atoms with E-state index in [0.717, 1.165) is 30.8 Å². The molecular weight excluding hydrogens is 382 g/mol. The van der Waals surface area contributed by atoms with Crippen molar-refractivity contribution in [2.75, 3.05) is 28.2 Å². The van der Waals surface area contributed by atoms with Gasteiger partial charge in [-0.3, -0.25) is 9.59 Å². The Bertz CT molecular complexity index is 976. The number of nitrogens with zero attached hydrogens (tertiary/aromatic N) is 2. The maximum absolute atomic E-state index is 12.8. The van der Waals surface area contributed by atoms with Gasteiger partial charge < -0.3 is 19.9 Å². The fourth-order valence-electron chi connectivity index (χ4n) is 4.13. The molecule has 0 spiro atoms. The minimum Gasteiger partial charge on any atom is -0.449 e. The Labute approximate surface area is 175 Å².